The third-order valence-electron chi connectivity index (χ3n) is 6.72. The zero-order valence-corrected chi connectivity index (χ0v) is 18.9. The zero-order chi connectivity index (χ0) is 23.2. The Kier molecular flexibility index (Phi) is 4.79. The number of anilines is 1. The number of Topliss-reactive ketones (excluding diaryl/α,β-unsaturated/α-hetero) is 1. The molecule has 1 aliphatic heterocycles. The maximum absolute atomic E-state index is 13.7. The predicted molar refractivity (Wildman–Crippen MR) is 127 cm³/mol. The number of benzene rings is 2. The van der Waals surface area contributed by atoms with E-state index in [-0.39, 0.29) is 17.7 Å². The number of ether oxygens (including phenoxy) is 2. The Hall–Kier alpha value is -4.20. The summed E-state index contributed by atoms with van der Waals surface area (Å²) in [5.74, 6) is 2.07. The molecule has 0 saturated carbocycles. The first-order valence-electron chi connectivity index (χ1n) is 11.2. The summed E-state index contributed by atoms with van der Waals surface area (Å²) < 4.78 is 12.7. The Morgan fingerprint density at radius 2 is 1.85 bits per heavy atom. The quantitative estimate of drug-likeness (QED) is 0.494. The number of carbonyl (C=O) groups is 1. The van der Waals surface area contributed by atoms with Crippen molar-refractivity contribution in [2.24, 2.45) is 0 Å². The van der Waals surface area contributed by atoms with E-state index in [4.69, 9.17) is 9.47 Å². The number of carbonyl (C=O) groups excluding carboxylic acids is 1. The maximum atomic E-state index is 13.7. The number of hydrogen-bond donors (Lipinski definition) is 1. The van der Waals surface area contributed by atoms with Crippen LogP contribution in [0.1, 0.15) is 35.9 Å². The summed E-state index contributed by atoms with van der Waals surface area (Å²) in [4.78, 5) is 22.6. The SMILES string of the molecule is COc1ccc([C@@H]2CC(=O)C3=C(C2)Nc2ncnn2[C@@H]3c2ccnc3ccccc23)cc1OC. The first-order valence-corrected chi connectivity index (χ1v) is 11.2. The van der Waals surface area contributed by atoms with E-state index in [9.17, 15) is 4.79 Å². The third-order valence-corrected chi connectivity index (χ3v) is 6.72. The molecule has 0 fully saturated rings. The lowest BCUT2D eigenvalue weighted by atomic mass is 9.77. The molecule has 0 saturated heterocycles. The minimum absolute atomic E-state index is 0.0165. The van der Waals surface area contributed by atoms with Gasteiger partial charge in [0.1, 0.15) is 12.4 Å². The number of allylic oxidation sites excluding steroid dienone is 2. The van der Waals surface area contributed by atoms with Crippen LogP contribution in [0.25, 0.3) is 10.9 Å². The average Bonchev–Trinajstić information content (AvgIpc) is 3.35. The Morgan fingerprint density at radius 1 is 1.00 bits per heavy atom. The number of pyridine rings is 1. The number of nitrogens with zero attached hydrogens (tertiary/aromatic N) is 4. The molecule has 34 heavy (non-hydrogen) atoms. The van der Waals surface area contributed by atoms with Gasteiger partial charge in [-0.25, -0.2) is 4.68 Å². The van der Waals surface area contributed by atoms with Gasteiger partial charge in [0, 0.05) is 29.3 Å². The zero-order valence-electron chi connectivity index (χ0n) is 18.9. The van der Waals surface area contributed by atoms with Crippen molar-refractivity contribution < 1.29 is 14.3 Å². The largest absolute Gasteiger partial charge is 0.493 e. The molecule has 2 aliphatic rings. The highest BCUT2D eigenvalue weighted by molar-refractivity contribution is 6.01. The van der Waals surface area contributed by atoms with Crippen LogP contribution in [0.2, 0.25) is 0 Å². The van der Waals surface area contributed by atoms with Gasteiger partial charge in [0.05, 0.1) is 19.7 Å². The second kappa shape index (κ2) is 7.98. The fraction of sp³-hybridized carbons (Fsp3) is 0.231. The van der Waals surface area contributed by atoms with Gasteiger partial charge in [-0.15, -0.1) is 0 Å². The van der Waals surface area contributed by atoms with Gasteiger partial charge in [-0.1, -0.05) is 24.3 Å². The number of fused-ring (bicyclic) bond motifs is 2. The molecule has 4 aromatic rings. The van der Waals surface area contributed by atoms with Crippen molar-refractivity contribution in [2.75, 3.05) is 19.5 Å². The van der Waals surface area contributed by atoms with Crippen LogP contribution in [0.3, 0.4) is 0 Å². The molecule has 8 heteroatoms. The second-order valence-electron chi connectivity index (χ2n) is 8.51. The monoisotopic (exact) mass is 453 g/mol. The normalized spacial score (nSPS) is 19.4. The third kappa shape index (κ3) is 3.14. The Labute approximate surface area is 196 Å². The van der Waals surface area contributed by atoms with Crippen LogP contribution >= 0.6 is 0 Å². The Morgan fingerprint density at radius 3 is 2.71 bits per heavy atom. The van der Waals surface area contributed by atoms with Gasteiger partial charge in [-0.3, -0.25) is 9.78 Å². The van der Waals surface area contributed by atoms with Crippen molar-refractivity contribution in [1.82, 2.24) is 19.7 Å². The van der Waals surface area contributed by atoms with Crippen molar-refractivity contribution in [2.45, 2.75) is 24.8 Å². The molecule has 0 radical (unpaired) electrons. The highest BCUT2D eigenvalue weighted by atomic mass is 16.5. The molecule has 3 heterocycles. The highest BCUT2D eigenvalue weighted by Gasteiger charge is 2.40. The number of aromatic nitrogens is 4. The molecular weight excluding hydrogens is 430 g/mol. The van der Waals surface area contributed by atoms with Crippen molar-refractivity contribution >= 4 is 22.6 Å². The molecule has 170 valence electrons. The lowest BCUT2D eigenvalue weighted by Crippen LogP contribution is -2.33. The van der Waals surface area contributed by atoms with Gasteiger partial charge in [0.2, 0.25) is 5.95 Å². The molecule has 1 aliphatic carbocycles. The summed E-state index contributed by atoms with van der Waals surface area (Å²) in [6, 6.07) is 15.4. The fourth-order valence-electron chi connectivity index (χ4n) is 5.14. The van der Waals surface area contributed by atoms with Gasteiger partial charge >= 0.3 is 0 Å². The predicted octanol–water partition coefficient (Wildman–Crippen LogP) is 4.26. The maximum Gasteiger partial charge on any atom is 0.226 e. The van der Waals surface area contributed by atoms with E-state index < -0.39 is 0 Å². The molecule has 0 amide bonds. The van der Waals surface area contributed by atoms with Crippen LogP contribution in [-0.4, -0.2) is 39.8 Å². The molecule has 0 unspecified atom stereocenters. The molecule has 2 atom stereocenters. The van der Waals surface area contributed by atoms with E-state index in [1.54, 1.807) is 25.1 Å². The lowest BCUT2D eigenvalue weighted by Gasteiger charge is -2.35. The number of nitrogens with one attached hydrogen (secondary N) is 1. The van der Waals surface area contributed by atoms with Gasteiger partial charge in [0.15, 0.2) is 17.3 Å². The minimum atomic E-state index is -0.361. The lowest BCUT2D eigenvalue weighted by molar-refractivity contribution is -0.116. The van der Waals surface area contributed by atoms with Gasteiger partial charge in [-0.2, -0.15) is 10.1 Å². The summed E-state index contributed by atoms with van der Waals surface area (Å²) in [5, 5.41) is 8.86. The number of rotatable bonds is 4. The van der Waals surface area contributed by atoms with Crippen LogP contribution in [0.5, 0.6) is 11.5 Å². The standard InChI is InChI=1S/C26H23N5O3/c1-33-22-8-7-15(13-23(22)34-2)16-11-20-24(21(32)12-16)25(31-26(30-20)28-14-29-31)18-9-10-27-19-6-4-3-5-17(18)19/h3-10,13-14,16,25H,11-12H2,1-2H3,(H,28,29,30)/t16-,25+/m0/s1. The van der Waals surface area contributed by atoms with E-state index in [1.165, 1.54) is 6.33 Å². The smallest absolute Gasteiger partial charge is 0.226 e. The number of hydrogen-bond acceptors (Lipinski definition) is 7. The number of methoxy groups -OCH3 is 2. The van der Waals surface area contributed by atoms with Crippen molar-refractivity contribution in [1.29, 1.82) is 0 Å². The topological polar surface area (TPSA) is 91.2 Å². The first kappa shape index (κ1) is 20.4. The molecule has 0 spiro atoms. The van der Waals surface area contributed by atoms with Crippen LogP contribution in [-0.2, 0) is 4.79 Å². The van der Waals surface area contributed by atoms with Crippen molar-refractivity contribution in [3.05, 3.63) is 83.5 Å². The van der Waals surface area contributed by atoms with Gasteiger partial charge in [0.25, 0.3) is 0 Å². The van der Waals surface area contributed by atoms with Crippen molar-refractivity contribution in [3.63, 3.8) is 0 Å². The summed E-state index contributed by atoms with van der Waals surface area (Å²) in [5.41, 5.74) is 4.55. The average molecular weight is 454 g/mol. The van der Waals surface area contributed by atoms with E-state index >= 15 is 0 Å². The highest BCUT2D eigenvalue weighted by Crippen LogP contribution is 2.45. The summed E-state index contributed by atoms with van der Waals surface area (Å²) in [6.07, 6.45) is 4.40. The fourth-order valence-corrected chi connectivity index (χ4v) is 5.14. The van der Waals surface area contributed by atoms with Crippen LogP contribution in [0.4, 0.5) is 5.95 Å². The first-order chi connectivity index (χ1) is 16.7. The second-order valence-corrected chi connectivity index (χ2v) is 8.51. The molecule has 2 aromatic carbocycles. The van der Waals surface area contributed by atoms with E-state index in [1.807, 2.05) is 48.5 Å². The van der Waals surface area contributed by atoms with Gasteiger partial charge in [-0.05, 0) is 47.7 Å². The van der Waals surface area contributed by atoms with E-state index in [2.05, 4.69) is 20.4 Å². The Bertz CT molecular complexity index is 1450. The molecule has 8 nitrogen and oxygen atoms in total. The summed E-state index contributed by atoms with van der Waals surface area (Å²) >= 11 is 0. The minimum Gasteiger partial charge on any atom is -0.493 e. The number of ketones is 1. The molecule has 6 rings (SSSR count). The summed E-state index contributed by atoms with van der Waals surface area (Å²) in [7, 11) is 3.23. The van der Waals surface area contributed by atoms with Crippen LogP contribution < -0.4 is 14.8 Å². The van der Waals surface area contributed by atoms with Gasteiger partial charge < -0.3 is 14.8 Å². The number of para-hydroxylation sites is 1. The van der Waals surface area contributed by atoms with Crippen LogP contribution in [0.15, 0.2) is 72.3 Å². The Balaban J connectivity index is 1.46. The van der Waals surface area contributed by atoms with Crippen molar-refractivity contribution in [3.8, 4) is 11.5 Å². The van der Waals surface area contributed by atoms with Crippen LogP contribution in [0, 0.1) is 0 Å². The van der Waals surface area contributed by atoms with E-state index in [0.717, 1.165) is 33.3 Å². The molecule has 0 bridgehead atoms. The molecular formula is C26H23N5O3. The summed E-state index contributed by atoms with van der Waals surface area (Å²) in [6.45, 7) is 0. The molecule has 1 N–H and O–H groups in total. The molecule has 2 aromatic heterocycles. The van der Waals surface area contributed by atoms with E-state index in [0.29, 0.717) is 30.3 Å².